The van der Waals surface area contributed by atoms with Crippen molar-refractivity contribution in [3.8, 4) is 5.75 Å². The molecule has 0 radical (unpaired) electrons. The molecular formula is C15H17N3O4S. The van der Waals surface area contributed by atoms with E-state index in [4.69, 9.17) is 9.26 Å². The molecule has 2 fully saturated rings. The molecule has 1 saturated carbocycles. The molecule has 0 bridgehead atoms. The summed E-state index contributed by atoms with van der Waals surface area (Å²) in [6, 6.07) is 6.40. The lowest BCUT2D eigenvalue weighted by Gasteiger charge is -2.35. The highest BCUT2D eigenvalue weighted by Crippen LogP contribution is 2.39. The molecule has 4 rings (SSSR count). The molecule has 0 spiro atoms. The van der Waals surface area contributed by atoms with Gasteiger partial charge in [0.05, 0.1) is 17.9 Å². The molecule has 0 atom stereocenters. The zero-order valence-electron chi connectivity index (χ0n) is 12.7. The van der Waals surface area contributed by atoms with Crippen molar-refractivity contribution in [2.45, 2.75) is 29.6 Å². The minimum atomic E-state index is -3.48. The summed E-state index contributed by atoms with van der Waals surface area (Å²) in [4.78, 5) is 4.66. The number of aromatic nitrogens is 2. The van der Waals surface area contributed by atoms with E-state index in [-0.39, 0.29) is 10.8 Å². The molecule has 2 aromatic rings. The van der Waals surface area contributed by atoms with Gasteiger partial charge in [0.15, 0.2) is 5.82 Å². The zero-order chi connectivity index (χ0) is 16.0. The van der Waals surface area contributed by atoms with Crippen LogP contribution in [0.15, 0.2) is 33.7 Å². The van der Waals surface area contributed by atoms with Crippen molar-refractivity contribution in [3.63, 3.8) is 0 Å². The monoisotopic (exact) mass is 335 g/mol. The van der Waals surface area contributed by atoms with Crippen molar-refractivity contribution < 1.29 is 17.7 Å². The van der Waals surface area contributed by atoms with E-state index < -0.39 is 10.0 Å². The fourth-order valence-corrected chi connectivity index (χ4v) is 4.14. The largest absolute Gasteiger partial charge is 0.497 e. The van der Waals surface area contributed by atoms with Crippen LogP contribution in [0.25, 0.3) is 0 Å². The first-order chi connectivity index (χ1) is 11.1. The third kappa shape index (κ3) is 2.61. The SMILES string of the molecule is COc1ccc(S(=O)(=O)N2CC(c3nc(C4CC4)no3)C2)cc1. The molecule has 1 aromatic carbocycles. The van der Waals surface area contributed by atoms with Crippen LogP contribution in [0.5, 0.6) is 5.75 Å². The quantitative estimate of drug-likeness (QED) is 0.827. The van der Waals surface area contributed by atoms with Crippen molar-refractivity contribution in [2.75, 3.05) is 20.2 Å². The molecule has 8 heteroatoms. The first-order valence-electron chi connectivity index (χ1n) is 7.55. The summed E-state index contributed by atoms with van der Waals surface area (Å²) in [5.74, 6) is 2.36. The average molecular weight is 335 g/mol. The van der Waals surface area contributed by atoms with Crippen molar-refractivity contribution in [2.24, 2.45) is 0 Å². The number of nitrogens with zero attached hydrogens (tertiary/aromatic N) is 3. The van der Waals surface area contributed by atoms with Gasteiger partial charge in [-0.05, 0) is 37.1 Å². The second-order valence-electron chi connectivity index (χ2n) is 5.96. The van der Waals surface area contributed by atoms with Crippen LogP contribution in [0, 0.1) is 0 Å². The van der Waals surface area contributed by atoms with Crippen LogP contribution in [0.4, 0.5) is 0 Å². The Morgan fingerprint density at radius 1 is 1.17 bits per heavy atom. The molecule has 7 nitrogen and oxygen atoms in total. The van der Waals surface area contributed by atoms with Crippen LogP contribution in [0.2, 0.25) is 0 Å². The number of hydrogen-bond acceptors (Lipinski definition) is 6. The number of ether oxygens (including phenoxy) is 1. The maximum atomic E-state index is 12.5. The highest BCUT2D eigenvalue weighted by Gasteiger charge is 2.41. The third-order valence-electron chi connectivity index (χ3n) is 4.29. The summed E-state index contributed by atoms with van der Waals surface area (Å²) < 4.78 is 36.8. The van der Waals surface area contributed by atoms with Gasteiger partial charge in [0, 0.05) is 19.0 Å². The lowest BCUT2D eigenvalue weighted by Crippen LogP contribution is -2.48. The molecule has 0 N–H and O–H groups in total. The minimum absolute atomic E-state index is 0.0111. The van der Waals surface area contributed by atoms with Crippen LogP contribution < -0.4 is 4.74 Å². The summed E-state index contributed by atoms with van der Waals surface area (Å²) in [7, 11) is -1.93. The summed E-state index contributed by atoms with van der Waals surface area (Å²) in [6.45, 7) is 0.751. The fourth-order valence-electron chi connectivity index (χ4n) is 2.61. The highest BCUT2D eigenvalue weighted by molar-refractivity contribution is 7.89. The second-order valence-corrected chi connectivity index (χ2v) is 7.90. The fraction of sp³-hybridized carbons (Fsp3) is 0.467. The highest BCUT2D eigenvalue weighted by atomic mass is 32.2. The van der Waals surface area contributed by atoms with E-state index in [1.807, 2.05) is 0 Å². The number of sulfonamides is 1. The van der Waals surface area contributed by atoms with Gasteiger partial charge < -0.3 is 9.26 Å². The predicted molar refractivity (Wildman–Crippen MR) is 80.8 cm³/mol. The Kier molecular flexibility index (Phi) is 3.38. The topological polar surface area (TPSA) is 85.5 Å². The van der Waals surface area contributed by atoms with Gasteiger partial charge in [-0.15, -0.1) is 0 Å². The van der Waals surface area contributed by atoms with E-state index in [9.17, 15) is 8.42 Å². The number of hydrogen-bond donors (Lipinski definition) is 0. The van der Waals surface area contributed by atoms with Gasteiger partial charge in [-0.3, -0.25) is 0 Å². The van der Waals surface area contributed by atoms with Crippen molar-refractivity contribution in [3.05, 3.63) is 36.0 Å². The van der Waals surface area contributed by atoms with E-state index in [2.05, 4.69) is 10.1 Å². The van der Waals surface area contributed by atoms with Gasteiger partial charge in [0.2, 0.25) is 15.9 Å². The summed E-state index contributed by atoms with van der Waals surface area (Å²) >= 11 is 0. The van der Waals surface area contributed by atoms with Crippen LogP contribution in [0.3, 0.4) is 0 Å². The third-order valence-corrected chi connectivity index (χ3v) is 6.14. The molecule has 1 aromatic heterocycles. The number of benzene rings is 1. The molecule has 0 unspecified atom stereocenters. The first-order valence-corrected chi connectivity index (χ1v) is 8.99. The maximum Gasteiger partial charge on any atom is 0.243 e. The minimum Gasteiger partial charge on any atom is -0.497 e. The Morgan fingerprint density at radius 3 is 2.48 bits per heavy atom. The standard InChI is InChI=1S/C15H17N3O4S/c1-21-12-4-6-13(7-5-12)23(19,20)18-8-11(9-18)15-16-14(17-22-15)10-2-3-10/h4-7,10-11H,2-3,8-9H2,1H3. The van der Waals surface area contributed by atoms with E-state index in [0.29, 0.717) is 30.6 Å². The van der Waals surface area contributed by atoms with Gasteiger partial charge in [0.25, 0.3) is 0 Å². The smallest absolute Gasteiger partial charge is 0.243 e. The molecule has 0 amide bonds. The molecule has 1 aliphatic carbocycles. The van der Waals surface area contributed by atoms with Gasteiger partial charge >= 0.3 is 0 Å². The van der Waals surface area contributed by atoms with E-state index in [1.165, 1.54) is 4.31 Å². The molecule has 2 aliphatic rings. The lowest BCUT2D eigenvalue weighted by molar-refractivity contribution is 0.216. The second kappa shape index (κ2) is 5.31. The van der Waals surface area contributed by atoms with Gasteiger partial charge in [-0.2, -0.15) is 9.29 Å². The molecule has 122 valence electrons. The van der Waals surface area contributed by atoms with Crippen molar-refractivity contribution >= 4 is 10.0 Å². The normalized spacial score (nSPS) is 19.5. The number of methoxy groups -OCH3 is 1. The van der Waals surface area contributed by atoms with Gasteiger partial charge in [0.1, 0.15) is 5.75 Å². The molecule has 1 saturated heterocycles. The molecule has 2 heterocycles. The summed E-state index contributed by atoms with van der Waals surface area (Å²) in [5.41, 5.74) is 0. The van der Waals surface area contributed by atoms with Crippen LogP contribution in [0.1, 0.15) is 36.4 Å². The van der Waals surface area contributed by atoms with Gasteiger partial charge in [-0.25, -0.2) is 8.42 Å². The Balaban J connectivity index is 1.44. The Labute approximate surface area is 134 Å². The maximum absolute atomic E-state index is 12.5. The lowest BCUT2D eigenvalue weighted by atomic mass is 10.0. The Hall–Kier alpha value is -1.93. The first kappa shape index (κ1) is 14.6. The molecule has 23 heavy (non-hydrogen) atoms. The Morgan fingerprint density at radius 2 is 1.87 bits per heavy atom. The van der Waals surface area contributed by atoms with Crippen LogP contribution in [-0.2, 0) is 10.0 Å². The summed E-state index contributed by atoms with van der Waals surface area (Å²) in [5, 5.41) is 3.98. The van der Waals surface area contributed by atoms with Crippen LogP contribution in [-0.4, -0.2) is 43.1 Å². The van der Waals surface area contributed by atoms with E-state index >= 15 is 0 Å². The van der Waals surface area contributed by atoms with E-state index in [1.54, 1.807) is 31.4 Å². The van der Waals surface area contributed by atoms with Crippen molar-refractivity contribution in [1.29, 1.82) is 0 Å². The average Bonchev–Trinajstić information content (AvgIpc) is 3.25. The molecular weight excluding hydrogens is 318 g/mol. The zero-order valence-corrected chi connectivity index (χ0v) is 13.5. The van der Waals surface area contributed by atoms with E-state index in [0.717, 1.165) is 18.7 Å². The Bertz CT molecular complexity index is 806. The van der Waals surface area contributed by atoms with Gasteiger partial charge in [-0.1, -0.05) is 5.16 Å². The molecule has 1 aliphatic heterocycles. The number of rotatable bonds is 5. The summed E-state index contributed by atoms with van der Waals surface area (Å²) in [6.07, 6.45) is 2.23. The van der Waals surface area contributed by atoms with Crippen molar-refractivity contribution in [1.82, 2.24) is 14.4 Å². The predicted octanol–water partition coefficient (Wildman–Crippen LogP) is 1.74. The van der Waals surface area contributed by atoms with Crippen LogP contribution >= 0.6 is 0 Å².